The number of amidine groups is 1. The molecule has 0 aliphatic carbocycles. The lowest BCUT2D eigenvalue weighted by atomic mass is 9.93. The molecule has 2 aliphatic rings. The normalized spacial score (nSPS) is 18.9. The monoisotopic (exact) mass is 715 g/mol. The van der Waals surface area contributed by atoms with Crippen molar-refractivity contribution in [1.82, 2.24) is 19.0 Å². The number of ether oxygens (including phenoxy) is 1. The van der Waals surface area contributed by atoms with Crippen LogP contribution in [-0.2, 0) is 10.0 Å². The van der Waals surface area contributed by atoms with Gasteiger partial charge in [0.2, 0.25) is 10.0 Å². The minimum absolute atomic E-state index is 0.0457. The molecule has 0 aromatic heterocycles. The number of sulfonamides is 1. The van der Waals surface area contributed by atoms with Crippen LogP contribution in [0.4, 0.5) is 4.79 Å². The molecule has 10 nitrogen and oxygen atoms in total. The maximum atomic E-state index is 14.8. The number of piperazine rings is 1. The molecule has 1 fully saturated rings. The van der Waals surface area contributed by atoms with Crippen LogP contribution in [0.5, 0.6) is 5.75 Å². The van der Waals surface area contributed by atoms with Gasteiger partial charge in [0, 0.05) is 56.4 Å². The van der Waals surface area contributed by atoms with Gasteiger partial charge in [-0.15, -0.1) is 0 Å². The van der Waals surface area contributed by atoms with Gasteiger partial charge in [-0.25, -0.2) is 17.5 Å². The van der Waals surface area contributed by atoms with Crippen molar-refractivity contribution in [3.63, 3.8) is 0 Å². The highest BCUT2D eigenvalue weighted by atomic mass is 35.5. The number of benzene rings is 3. The molecule has 0 bridgehead atoms. The Morgan fingerprint density at radius 1 is 0.979 bits per heavy atom. The standard InChI is InChI=1S/C35H43Cl2N5O5S/c1-5-47-31-15-14-29(48(45,46)39(4)23-24(2)3)22-30(31)34-38-32(25-6-10-27(36)11-7-25)33(26-8-12-28(37)13-9-26)42(34)35(44)41-18-16-40(17-19-41)20-21-43/h6-15,22,24,32-33,43H,5,16-21,23H2,1-4H3. The van der Waals surface area contributed by atoms with E-state index in [1.807, 2.05) is 45.0 Å². The second-order valence-corrected chi connectivity index (χ2v) is 15.3. The topological polar surface area (TPSA) is 106 Å². The molecule has 0 spiro atoms. The number of aliphatic hydroxyl groups is 1. The number of hydrogen-bond donors (Lipinski definition) is 1. The van der Waals surface area contributed by atoms with Crippen molar-refractivity contribution in [2.45, 2.75) is 37.8 Å². The molecular weight excluding hydrogens is 673 g/mol. The van der Waals surface area contributed by atoms with Gasteiger partial charge in [-0.3, -0.25) is 14.8 Å². The first-order valence-electron chi connectivity index (χ1n) is 16.2. The molecule has 1 saturated heterocycles. The Morgan fingerprint density at radius 2 is 1.58 bits per heavy atom. The zero-order chi connectivity index (χ0) is 34.6. The Labute approximate surface area is 293 Å². The summed E-state index contributed by atoms with van der Waals surface area (Å²) in [6.45, 7) is 9.15. The molecule has 13 heteroatoms. The molecule has 2 atom stereocenters. The summed E-state index contributed by atoms with van der Waals surface area (Å²) in [5.74, 6) is 0.848. The number of carbonyl (C=O) groups is 1. The van der Waals surface area contributed by atoms with Gasteiger partial charge >= 0.3 is 6.03 Å². The number of rotatable bonds is 11. The van der Waals surface area contributed by atoms with Crippen LogP contribution >= 0.6 is 23.2 Å². The van der Waals surface area contributed by atoms with Gasteiger partial charge < -0.3 is 14.7 Å². The lowest BCUT2D eigenvalue weighted by Gasteiger charge is -2.39. The summed E-state index contributed by atoms with van der Waals surface area (Å²) in [6.07, 6.45) is 0. The van der Waals surface area contributed by atoms with E-state index in [1.165, 1.54) is 10.4 Å². The molecule has 3 aromatic rings. The first-order chi connectivity index (χ1) is 22.9. The van der Waals surface area contributed by atoms with E-state index < -0.39 is 22.1 Å². The highest BCUT2D eigenvalue weighted by molar-refractivity contribution is 7.89. The van der Waals surface area contributed by atoms with Crippen LogP contribution in [0.3, 0.4) is 0 Å². The van der Waals surface area contributed by atoms with E-state index in [-0.39, 0.29) is 23.5 Å². The Bertz CT molecular complexity index is 1710. The molecule has 2 unspecified atom stereocenters. The SMILES string of the molecule is CCOc1ccc(S(=O)(=O)N(C)CC(C)C)cc1C1=NC(c2ccc(Cl)cc2)C(c2ccc(Cl)cc2)N1C(=O)N1CCN(CCO)CC1. The van der Waals surface area contributed by atoms with Crippen molar-refractivity contribution in [1.29, 1.82) is 0 Å². The molecular formula is C35H43Cl2N5O5S. The maximum absolute atomic E-state index is 14.8. The van der Waals surface area contributed by atoms with Gasteiger partial charge in [0.05, 0.1) is 29.7 Å². The summed E-state index contributed by atoms with van der Waals surface area (Å²) < 4.78 is 35.0. The van der Waals surface area contributed by atoms with E-state index in [2.05, 4.69) is 4.90 Å². The Balaban J connectivity index is 1.69. The molecule has 3 aromatic carbocycles. The number of β-amino-alcohol motifs (C(OH)–C–C–N with tert-alkyl or cyclic N) is 1. The van der Waals surface area contributed by atoms with E-state index in [0.717, 1.165) is 11.1 Å². The molecule has 2 amide bonds. The molecule has 0 saturated carbocycles. The zero-order valence-corrected chi connectivity index (χ0v) is 30.0. The average Bonchev–Trinajstić information content (AvgIpc) is 3.46. The third-order valence-electron chi connectivity index (χ3n) is 8.58. The second-order valence-electron chi connectivity index (χ2n) is 12.4. The van der Waals surface area contributed by atoms with E-state index in [9.17, 15) is 18.3 Å². The van der Waals surface area contributed by atoms with Crippen molar-refractivity contribution in [3.05, 3.63) is 93.5 Å². The predicted molar refractivity (Wildman–Crippen MR) is 190 cm³/mol. The van der Waals surface area contributed by atoms with E-state index >= 15 is 0 Å². The van der Waals surface area contributed by atoms with Crippen molar-refractivity contribution in [2.24, 2.45) is 10.9 Å². The van der Waals surface area contributed by atoms with Crippen LogP contribution in [-0.4, -0.2) is 104 Å². The third-order valence-corrected chi connectivity index (χ3v) is 10.9. The van der Waals surface area contributed by atoms with E-state index in [0.29, 0.717) is 73.1 Å². The Morgan fingerprint density at radius 3 is 2.15 bits per heavy atom. The number of halogens is 2. The number of aliphatic imine (C=N–C) groups is 1. The summed E-state index contributed by atoms with van der Waals surface area (Å²) in [6, 6.07) is 18.0. The number of aliphatic hydroxyl groups excluding tert-OH is 1. The van der Waals surface area contributed by atoms with Crippen LogP contribution in [0, 0.1) is 5.92 Å². The van der Waals surface area contributed by atoms with Gasteiger partial charge in [0.25, 0.3) is 0 Å². The highest BCUT2D eigenvalue weighted by Crippen LogP contribution is 2.46. The molecule has 48 heavy (non-hydrogen) atoms. The van der Waals surface area contributed by atoms with Crippen molar-refractivity contribution in [3.8, 4) is 5.75 Å². The van der Waals surface area contributed by atoms with Crippen molar-refractivity contribution in [2.75, 3.05) is 59.5 Å². The van der Waals surface area contributed by atoms with E-state index in [1.54, 1.807) is 53.2 Å². The van der Waals surface area contributed by atoms with Gasteiger partial charge in [0.1, 0.15) is 17.6 Å². The van der Waals surface area contributed by atoms with Crippen molar-refractivity contribution >= 4 is 45.1 Å². The fourth-order valence-electron chi connectivity index (χ4n) is 6.23. The summed E-state index contributed by atoms with van der Waals surface area (Å²) in [4.78, 5) is 25.7. The molecule has 5 rings (SSSR count). The quantitative estimate of drug-likeness (QED) is 0.263. The minimum atomic E-state index is -3.87. The number of nitrogens with zero attached hydrogens (tertiary/aromatic N) is 5. The lowest BCUT2D eigenvalue weighted by molar-refractivity contribution is 0.108. The molecule has 2 heterocycles. The minimum Gasteiger partial charge on any atom is -0.493 e. The van der Waals surface area contributed by atoms with Gasteiger partial charge in [-0.1, -0.05) is 61.3 Å². The van der Waals surface area contributed by atoms with Crippen LogP contribution in [0.25, 0.3) is 0 Å². The number of hydrogen-bond acceptors (Lipinski definition) is 7. The van der Waals surface area contributed by atoms with Crippen LogP contribution < -0.4 is 4.74 Å². The Hall–Kier alpha value is -3.19. The predicted octanol–water partition coefficient (Wildman–Crippen LogP) is 5.94. The lowest BCUT2D eigenvalue weighted by Crippen LogP contribution is -2.54. The summed E-state index contributed by atoms with van der Waals surface area (Å²) in [5.41, 5.74) is 2.04. The first-order valence-corrected chi connectivity index (χ1v) is 18.4. The maximum Gasteiger partial charge on any atom is 0.326 e. The van der Waals surface area contributed by atoms with E-state index in [4.69, 9.17) is 32.9 Å². The number of urea groups is 1. The fraction of sp³-hybridized carbons (Fsp3) is 0.429. The third kappa shape index (κ3) is 7.82. The van der Waals surface area contributed by atoms with Crippen molar-refractivity contribution < 1.29 is 23.1 Å². The average molecular weight is 717 g/mol. The van der Waals surface area contributed by atoms with Crippen LogP contribution in [0.1, 0.15) is 49.5 Å². The zero-order valence-electron chi connectivity index (χ0n) is 27.7. The largest absolute Gasteiger partial charge is 0.493 e. The fourth-order valence-corrected chi connectivity index (χ4v) is 7.84. The molecule has 2 aliphatic heterocycles. The number of carbonyl (C=O) groups excluding carboxylic acids is 1. The molecule has 0 radical (unpaired) electrons. The van der Waals surface area contributed by atoms with Crippen LogP contribution in [0.2, 0.25) is 10.0 Å². The molecule has 1 N–H and O–H groups in total. The number of amides is 2. The first kappa shape index (κ1) is 36.1. The smallest absolute Gasteiger partial charge is 0.326 e. The van der Waals surface area contributed by atoms with Crippen LogP contribution in [0.15, 0.2) is 76.6 Å². The van der Waals surface area contributed by atoms with Gasteiger partial charge in [-0.05, 0) is 66.4 Å². The summed E-state index contributed by atoms with van der Waals surface area (Å²) in [7, 11) is -2.31. The summed E-state index contributed by atoms with van der Waals surface area (Å²) >= 11 is 12.6. The van der Waals surface area contributed by atoms with Gasteiger partial charge in [0.15, 0.2) is 0 Å². The Kier molecular flexibility index (Phi) is 11.7. The summed E-state index contributed by atoms with van der Waals surface area (Å²) in [5, 5.41) is 10.6. The highest BCUT2D eigenvalue weighted by Gasteiger charge is 2.45. The van der Waals surface area contributed by atoms with Gasteiger partial charge in [-0.2, -0.15) is 0 Å². The molecule has 258 valence electrons. The second kappa shape index (κ2) is 15.6.